The Hall–Kier alpha value is 2.92. The molecule has 8 heteroatoms. The van der Waals surface area contributed by atoms with Crippen molar-refractivity contribution in [2.45, 2.75) is 0 Å². The molecule has 0 aliphatic heterocycles. The third kappa shape index (κ3) is 65.7. The molecule has 8 heavy (non-hydrogen) atoms. The molecule has 0 spiro atoms. The Balaban J connectivity index is -0.00000000800. The molecule has 0 aromatic rings. The van der Waals surface area contributed by atoms with Crippen LogP contribution >= 0.6 is 7.82 Å². The van der Waals surface area contributed by atoms with Gasteiger partial charge in [-0.05, 0) is 0 Å². The molecule has 3 N–H and O–H groups in total. The van der Waals surface area contributed by atoms with Gasteiger partial charge in [-0.15, -0.1) is 0 Å². The van der Waals surface area contributed by atoms with Gasteiger partial charge >= 0.3 is 45.6 Å². The first-order chi connectivity index (χ1) is 2.00. The average Bonchev–Trinajstić information content (AvgIpc) is 0.722. The molecular weight excluding hydrogens is 405 g/mol. The zero-order chi connectivity index (χ0) is 4.50. The van der Waals surface area contributed by atoms with Gasteiger partial charge in [-0.3, -0.25) is 0 Å². The molecule has 0 amide bonds. The molecule has 0 aliphatic carbocycles. The summed E-state index contributed by atoms with van der Waals surface area (Å²) in [6.07, 6.45) is 0. The second-order valence-electron chi connectivity index (χ2n) is 0.513. The van der Waals surface area contributed by atoms with Crippen LogP contribution in [-0.4, -0.2) is 79.7 Å². The maximum Gasteiger partial charge on any atom is 2.00 e. The van der Waals surface area contributed by atoms with E-state index in [1.54, 1.807) is 0 Å². The zero-order valence-corrected chi connectivity index (χ0v) is 14.7. The molecule has 0 aromatic carbocycles. The Morgan fingerprint density at radius 1 is 1.25 bits per heavy atom. The molecule has 0 saturated carbocycles. The Kier molecular flexibility index (Phi) is 27.8. The van der Waals surface area contributed by atoms with E-state index in [2.05, 4.69) is 0 Å². The molecular formula is H5CaO4PTlZn. The fourth-order valence-electron chi connectivity index (χ4n) is 0. The molecule has 0 bridgehead atoms. The minimum absolute atomic E-state index is 0. The smallest absolute Gasteiger partial charge is 1.00 e. The molecule has 4 nitrogen and oxygen atoms in total. The predicted molar refractivity (Wildman–Crippen MR) is 28.0 cm³/mol. The summed E-state index contributed by atoms with van der Waals surface area (Å²) in [6, 6.07) is 0. The fraction of sp³-hybridized carbons (Fsp3) is 0. The molecule has 41 valence electrons. The Morgan fingerprint density at radius 2 is 1.25 bits per heavy atom. The summed E-state index contributed by atoms with van der Waals surface area (Å²) in [4.78, 5) is 21.6. The van der Waals surface area contributed by atoms with E-state index >= 15 is 0 Å². The first-order valence-electron chi connectivity index (χ1n) is 0.783. The van der Waals surface area contributed by atoms with Gasteiger partial charge in [0.05, 0.1) is 0 Å². The summed E-state index contributed by atoms with van der Waals surface area (Å²) < 4.78 is 8.88. The topological polar surface area (TPSA) is 77.8 Å². The van der Waals surface area contributed by atoms with Crippen molar-refractivity contribution in [3.05, 3.63) is 0 Å². The summed E-state index contributed by atoms with van der Waals surface area (Å²) in [5, 5.41) is 0. The van der Waals surface area contributed by atoms with Crippen molar-refractivity contribution in [2.24, 2.45) is 0 Å². The molecule has 0 atom stereocenters. The van der Waals surface area contributed by atoms with Gasteiger partial charge in [0.2, 0.25) is 0 Å². The zero-order valence-electron chi connectivity index (χ0n) is 6.19. The number of rotatable bonds is 0. The summed E-state index contributed by atoms with van der Waals surface area (Å²) in [5.74, 6) is 0. The summed E-state index contributed by atoms with van der Waals surface area (Å²) in [6.45, 7) is 0. The van der Waals surface area contributed by atoms with Crippen molar-refractivity contribution in [1.29, 1.82) is 0 Å². The van der Waals surface area contributed by atoms with Crippen molar-refractivity contribution in [1.82, 2.24) is 0 Å². The van der Waals surface area contributed by atoms with Crippen molar-refractivity contribution in [2.75, 3.05) is 0 Å². The van der Waals surface area contributed by atoms with Gasteiger partial charge in [-0.1, -0.05) is 0 Å². The van der Waals surface area contributed by atoms with E-state index in [0.717, 1.165) is 0 Å². The Morgan fingerprint density at radius 3 is 1.25 bits per heavy atom. The number of phosphoric acid groups is 1. The summed E-state index contributed by atoms with van der Waals surface area (Å²) in [5.41, 5.74) is 0. The van der Waals surface area contributed by atoms with Crippen LogP contribution in [0.2, 0.25) is 0 Å². The van der Waals surface area contributed by atoms with Crippen molar-refractivity contribution < 1.29 is 41.6 Å². The molecule has 0 saturated heterocycles. The summed E-state index contributed by atoms with van der Waals surface area (Å²) in [7, 11) is -4.64. The number of hydrogen-bond acceptors (Lipinski definition) is 1. The molecule has 0 aliphatic rings. The van der Waals surface area contributed by atoms with Crippen LogP contribution in [-0.2, 0) is 24.0 Å². The first kappa shape index (κ1) is 22.4. The average molecular weight is 410 g/mol. The van der Waals surface area contributed by atoms with E-state index in [1.807, 2.05) is 0 Å². The van der Waals surface area contributed by atoms with Crippen LogP contribution in [0, 0.1) is 0 Å². The predicted octanol–water partition coefficient (Wildman–Crippen LogP) is -1.47. The maximum absolute atomic E-state index is 8.88. The van der Waals surface area contributed by atoms with Gasteiger partial charge in [0.25, 0.3) is 0 Å². The van der Waals surface area contributed by atoms with E-state index in [4.69, 9.17) is 19.2 Å². The van der Waals surface area contributed by atoms with E-state index in [9.17, 15) is 0 Å². The minimum atomic E-state index is -4.64. The van der Waals surface area contributed by atoms with Gasteiger partial charge in [-0.25, -0.2) is 4.57 Å². The SMILES string of the molecule is O=P(O)(O)O.[Ca+2].[H-].[H-].[Tl].[Zn]. The fourth-order valence-corrected chi connectivity index (χ4v) is 0. The van der Waals surface area contributed by atoms with Crippen molar-refractivity contribution >= 4 is 72.9 Å². The third-order valence-corrected chi connectivity index (χ3v) is 0. The van der Waals surface area contributed by atoms with Crippen LogP contribution in [0.1, 0.15) is 2.85 Å². The Bertz CT molecular complexity index is 69.4. The van der Waals surface area contributed by atoms with Gasteiger partial charge in [0.1, 0.15) is 0 Å². The maximum atomic E-state index is 8.88. The van der Waals surface area contributed by atoms with Gasteiger partial charge in [-0.2, -0.15) is 0 Å². The second kappa shape index (κ2) is 9.92. The first-order valence-corrected chi connectivity index (χ1v) is 2.35. The van der Waals surface area contributed by atoms with E-state index in [0.29, 0.717) is 0 Å². The normalized spacial score (nSPS) is 7.38. The number of hydrogen-bond donors (Lipinski definition) is 3. The second-order valence-corrected chi connectivity index (χ2v) is 1.54. The quantitative estimate of drug-likeness (QED) is 0.337. The van der Waals surface area contributed by atoms with Gasteiger partial charge in [0.15, 0.2) is 0 Å². The van der Waals surface area contributed by atoms with Crippen LogP contribution < -0.4 is 0 Å². The van der Waals surface area contributed by atoms with Crippen LogP contribution in [0.4, 0.5) is 0 Å². The van der Waals surface area contributed by atoms with Crippen molar-refractivity contribution in [3.63, 3.8) is 0 Å². The van der Waals surface area contributed by atoms with Gasteiger partial charge < -0.3 is 17.5 Å². The monoisotopic (exact) mass is 409 g/mol. The minimum Gasteiger partial charge on any atom is -1.00 e. The van der Waals surface area contributed by atoms with Crippen LogP contribution in [0.5, 0.6) is 0 Å². The van der Waals surface area contributed by atoms with Crippen LogP contribution in [0.25, 0.3) is 0 Å². The Labute approximate surface area is 113 Å². The summed E-state index contributed by atoms with van der Waals surface area (Å²) >= 11 is 0. The molecule has 0 rings (SSSR count). The van der Waals surface area contributed by atoms with E-state index in [1.165, 1.54) is 0 Å². The molecule has 0 unspecified atom stereocenters. The van der Waals surface area contributed by atoms with E-state index in [-0.39, 0.29) is 87.4 Å². The molecule has 1 radical (unpaired) electrons. The van der Waals surface area contributed by atoms with E-state index < -0.39 is 7.82 Å². The molecule has 0 heterocycles. The van der Waals surface area contributed by atoms with Crippen molar-refractivity contribution in [3.8, 4) is 0 Å². The third-order valence-electron chi connectivity index (χ3n) is 0. The standard InChI is InChI=1S/Ca.H3O4P.Tl.Zn.2H/c;1-5(2,3)4;;;;/h;(H3,1,2,3,4);;;;/q+2;;;;2*-1. The van der Waals surface area contributed by atoms with Crippen LogP contribution in [0.3, 0.4) is 0 Å². The van der Waals surface area contributed by atoms with Crippen LogP contribution in [0.15, 0.2) is 0 Å². The molecule has 0 fully saturated rings. The largest absolute Gasteiger partial charge is 2.00 e. The van der Waals surface area contributed by atoms with Gasteiger partial charge in [0, 0.05) is 46.8 Å². The molecule has 0 aromatic heterocycles.